The van der Waals surface area contributed by atoms with Crippen molar-refractivity contribution in [2.45, 2.75) is 24.9 Å². The van der Waals surface area contributed by atoms with E-state index in [1.165, 1.54) is 7.05 Å². The van der Waals surface area contributed by atoms with Crippen molar-refractivity contribution in [2.24, 2.45) is 7.05 Å². The van der Waals surface area contributed by atoms with E-state index < -0.39 is 16.7 Å². The summed E-state index contributed by atoms with van der Waals surface area (Å²) in [5.41, 5.74) is -0.912. The van der Waals surface area contributed by atoms with Crippen LogP contribution in [0.5, 0.6) is 0 Å². The highest BCUT2D eigenvalue weighted by Gasteiger charge is 2.34. The molecule has 0 saturated carbocycles. The van der Waals surface area contributed by atoms with Gasteiger partial charge in [-0.25, -0.2) is 0 Å². The molecule has 0 radical (unpaired) electrons. The first-order chi connectivity index (χ1) is 6.59. The number of alkyl halides is 3. The minimum Gasteiger partial charge on any atom is -0.357 e. The van der Waals surface area contributed by atoms with E-state index in [1.807, 2.05) is 0 Å². The van der Waals surface area contributed by atoms with Gasteiger partial charge in [-0.3, -0.25) is 4.68 Å². The summed E-state index contributed by atoms with van der Waals surface area (Å²) in [6.07, 6.45) is -4.42. The van der Waals surface area contributed by atoms with Crippen molar-refractivity contribution >= 4 is 18.4 Å². The van der Waals surface area contributed by atoms with Gasteiger partial charge in [0.2, 0.25) is 0 Å². The van der Waals surface area contributed by atoms with Crippen molar-refractivity contribution in [1.82, 2.24) is 9.78 Å². The van der Waals surface area contributed by atoms with Gasteiger partial charge in [0, 0.05) is 13.1 Å². The zero-order valence-electron chi connectivity index (χ0n) is 8.55. The first kappa shape index (κ1) is 12.2. The fraction of sp³-hybridized carbons (Fsp3) is 0.625. The number of hydrogen-bond acceptors (Lipinski definition) is 3. The molecule has 0 aromatic carbocycles. The molecule has 1 N–H and O–H groups in total. The normalized spacial score (nSPS) is 13.0. The monoisotopic (exact) mass is 239 g/mol. The van der Waals surface area contributed by atoms with Crippen LogP contribution in [0.15, 0.2) is 6.07 Å². The smallest absolute Gasteiger partial charge is 0.357 e. The van der Waals surface area contributed by atoms with Crippen LogP contribution in [-0.4, -0.2) is 14.7 Å². The lowest BCUT2D eigenvalue weighted by atomic mass is 10.3. The van der Waals surface area contributed by atoms with E-state index >= 15 is 0 Å². The molecular formula is C8H12F3N3S. The van der Waals surface area contributed by atoms with Gasteiger partial charge in [-0.15, -0.1) is 0 Å². The number of anilines is 1. The molecule has 0 bridgehead atoms. The Morgan fingerprint density at radius 2 is 1.93 bits per heavy atom. The van der Waals surface area contributed by atoms with Gasteiger partial charge in [-0.1, -0.05) is 0 Å². The van der Waals surface area contributed by atoms with Crippen LogP contribution >= 0.6 is 12.6 Å². The molecule has 3 nitrogen and oxygen atoms in total. The summed E-state index contributed by atoms with van der Waals surface area (Å²) < 4.78 is 38.0. The standard InChI is InChI=1S/C8H12F3N3S/c1-7(2,15)12-6-4-5(8(9,10)11)13-14(6)3/h4,12,15H,1-3H3. The lowest BCUT2D eigenvalue weighted by Gasteiger charge is -2.20. The van der Waals surface area contributed by atoms with Gasteiger partial charge >= 0.3 is 6.18 Å². The second-order valence-corrected chi connectivity index (χ2v) is 4.84. The predicted octanol–water partition coefficient (Wildman–Crippen LogP) is 2.52. The lowest BCUT2D eigenvalue weighted by molar-refractivity contribution is -0.141. The summed E-state index contributed by atoms with van der Waals surface area (Å²) in [7, 11) is 1.44. The predicted molar refractivity (Wildman–Crippen MR) is 54.9 cm³/mol. The molecule has 0 aliphatic heterocycles. The number of halogens is 3. The number of aryl methyl sites for hydroxylation is 1. The molecule has 7 heteroatoms. The minimum atomic E-state index is -4.42. The molecule has 1 aromatic rings. The van der Waals surface area contributed by atoms with Crippen LogP contribution < -0.4 is 5.32 Å². The minimum absolute atomic E-state index is 0.280. The zero-order chi connectivity index (χ0) is 11.9. The van der Waals surface area contributed by atoms with Crippen LogP contribution in [0.25, 0.3) is 0 Å². The summed E-state index contributed by atoms with van der Waals surface area (Å²) in [4.78, 5) is -0.601. The summed E-state index contributed by atoms with van der Waals surface area (Å²) in [6, 6.07) is 0.956. The van der Waals surface area contributed by atoms with Gasteiger partial charge in [-0.05, 0) is 13.8 Å². The number of rotatable bonds is 2. The quantitative estimate of drug-likeness (QED) is 0.613. The van der Waals surface area contributed by atoms with Crippen molar-refractivity contribution in [2.75, 3.05) is 5.32 Å². The van der Waals surface area contributed by atoms with Crippen LogP contribution in [0.2, 0.25) is 0 Å². The van der Waals surface area contributed by atoms with Crippen LogP contribution in [0.3, 0.4) is 0 Å². The Balaban J connectivity index is 2.97. The average Bonchev–Trinajstić information content (AvgIpc) is 2.27. The third-order valence-electron chi connectivity index (χ3n) is 1.60. The van der Waals surface area contributed by atoms with Gasteiger partial charge in [0.15, 0.2) is 5.69 Å². The number of thiol groups is 1. The third kappa shape index (κ3) is 3.33. The fourth-order valence-corrected chi connectivity index (χ4v) is 1.15. The topological polar surface area (TPSA) is 29.9 Å². The maximum Gasteiger partial charge on any atom is 0.435 e. The maximum atomic E-state index is 12.3. The SMILES string of the molecule is Cn1nc(C(F)(F)F)cc1NC(C)(C)S. The summed E-state index contributed by atoms with van der Waals surface area (Å²) in [6.45, 7) is 3.47. The molecular weight excluding hydrogens is 227 g/mol. The van der Waals surface area contributed by atoms with E-state index in [2.05, 4.69) is 23.0 Å². The Hall–Kier alpha value is -0.850. The van der Waals surface area contributed by atoms with Crippen molar-refractivity contribution in [3.8, 4) is 0 Å². The zero-order valence-corrected chi connectivity index (χ0v) is 9.45. The second kappa shape index (κ2) is 3.62. The molecule has 0 amide bonds. The molecule has 0 aliphatic rings. The van der Waals surface area contributed by atoms with Crippen LogP contribution in [0.4, 0.5) is 19.0 Å². The number of nitrogens with zero attached hydrogens (tertiary/aromatic N) is 2. The second-order valence-electron chi connectivity index (χ2n) is 3.72. The Bertz CT molecular complexity index is 351. The van der Waals surface area contributed by atoms with Crippen LogP contribution in [-0.2, 0) is 13.2 Å². The van der Waals surface area contributed by atoms with Gasteiger partial charge in [0.05, 0.1) is 4.87 Å². The largest absolute Gasteiger partial charge is 0.435 e. The van der Waals surface area contributed by atoms with E-state index in [1.54, 1.807) is 13.8 Å². The molecule has 0 atom stereocenters. The number of nitrogens with one attached hydrogen (secondary N) is 1. The summed E-state index contributed by atoms with van der Waals surface area (Å²) in [5, 5.41) is 6.17. The highest BCUT2D eigenvalue weighted by Crippen LogP contribution is 2.30. The fourth-order valence-electron chi connectivity index (χ4n) is 1.04. The summed E-state index contributed by atoms with van der Waals surface area (Å²) >= 11 is 4.16. The number of aromatic nitrogens is 2. The highest BCUT2D eigenvalue weighted by molar-refractivity contribution is 7.81. The van der Waals surface area contributed by atoms with Crippen molar-refractivity contribution in [3.63, 3.8) is 0 Å². The van der Waals surface area contributed by atoms with E-state index in [9.17, 15) is 13.2 Å². The van der Waals surface area contributed by atoms with Crippen molar-refractivity contribution < 1.29 is 13.2 Å². The molecule has 1 rings (SSSR count). The Morgan fingerprint density at radius 3 is 2.27 bits per heavy atom. The molecule has 0 saturated heterocycles. The average molecular weight is 239 g/mol. The third-order valence-corrected chi connectivity index (χ3v) is 1.72. The molecule has 0 unspecified atom stereocenters. The molecule has 1 aromatic heterocycles. The molecule has 86 valence electrons. The molecule has 1 heterocycles. The Kier molecular flexibility index (Phi) is 2.95. The van der Waals surface area contributed by atoms with Crippen molar-refractivity contribution in [1.29, 1.82) is 0 Å². The maximum absolute atomic E-state index is 12.3. The number of hydrogen-bond donors (Lipinski definition) is 2. The first-order valence-corrected chi connectivity index (χ1v) is 4.66. The van der Waals surface area contributed by atoms with Crippen molar-refractivity contribution in [3.05, 3.63) is 11.8 Å². The van der Waals surface area contributed by atoms with E-state index in [-0.39, 0.29) is 5.82 Å². The lowest BCUT2D eigenvalue weighted by Crippen LogP contribution is -2.24. The van der Waals surface area contributed by atoms with Gasteiger partial charge in [0.25, 0.3) is 0 Å². The van der Waals surface area contributed by atoms with Gasteiger partial charge in [0.1, 0.15) is 5.82 Å². The first-order valence-electron chi connectivity index (χ1n) is 4.21. The van der Waals surface area contributed by atoms with Gasteiger partial charge in [-0.2, -0.15) is 30.9 Å². The molecule has 0 aliphatic carbocycles. The van der Waals surface area contributed by atoms with E-state index in [4.69, 9.17) is 0 Å². The molecule has 15 heavy (non-hydrogen) atoms. The van der Waals surface area contributed by atoms with Crippen LogP contribution in [0, 0.1) is 0 Å². The van der Waals surface area contributed by atoms with Gasteiger partial charge < -0.3 is 5.32 Å². The van der Waals surface area contributed by atoms with E-state index in [0.717, 1.165) is 10.7 Å². The summed E-state index contributed by atoms with van der Waals surface area (Å²) in [5.74, 6) is 0.280. The Morgan fingerprint density at radius 1 is 1.40 bits per heavy atom. The molecule has 0 spiro atoms. The molecule has 0 fully saturated rings. The van der Waals surface area contributed by atoms with Crippen LogP contribution in [0.1, 0.15) is 19.5 Å². The highest BCUT2D eigenvalue weighted by atomic mass is 32.1. The Labute approximate surface area is 91.1 Å². The van der Waals surface area contributed by atoms with E-state index in [0.29, 0.717) is 0 Å².